The Kier molecular flexibility index (Phi) is 5.06. The summed E-state index contributed by atoms with van der Waals surface area (Å²) in [5.41, 5.74) is 4.36. The number of aryl methyl sites for hydroxylation is 1. The van der Waals surface area contributed by atoms with Crippen LogP contribution >= 0.6 is 11.6 Å². The lowest BCUT2D eigenvalue weighted by molar-refractivity contribution is 0.167. The number of hydrogen-bond acceptors (Lipinski definition) is 5. The molecule has 6 rings (SSSR count). The van der Waals surface area contributed by atoms with Crippen molar-refractivity contribution in [3.63, 3.8) is 0 Å². The van der Waals surface area contributed by atoms with Crippen LogP contribution in [0.15, 0.2) is 36.5 Å². The summed E-state index contributed by atoms with van der Waals surface area (Å²) in [4.78, 5) is 23.5. The molecule has 2 amide bonds. The molecule has 9 heteroatoms. The van der Waals surface area contributed by atoms with Crippen molar-refractivity contribution in [2.75, 3.05) is 17.3 Å². The summed E-state index contributed by atoms with van der Waals surface area (Å²) in [6.45, 7) is 0.334. The Morgan fingerprint density at radius 2 is 2.09 bits per heavy atom. The Balaban J connectivity index is 1.35. The number of pyridine rings is 2. The van der Waals surface area contributed by atoms with E-state index in [1.807, 2.05) is 6.07 Å². The molecule has 1 atom stereocenters. The first-order chi connectivity index (χ1) is 16.5. The van der Waals surface area contributed by atoms with E-state index in [4.69, 9.17) is 21.1 Å². The fourth-order valence-corrected chi connectivity index (χ4v) is 4.96. The van der Waals surface area contributed by atoms with Crippen LogP contribution in [0.25, 0.3) is 0 Å². The largest absolute Gasteiger partial charge is 0.484 e. The summed E-state index contributed by atoms with van der Waals surface area (Å²) in [6, 6.07) is 7.98. The fourth-order valence-electron chi connectivity index (χ4n) is 4.67. The molecule has 0 bridgehead atoms. The van der Waals surface area contributed by atoms with Crippen LogP contribution in [-0.4, -0.2) is 23.1 Å². The Morgan fingerprint density at radius 1 is 1.24 bits per heavy atom. The third-order valence-electron chi connectivity index (χ3n) is 6.57. The zero-order valence-corrected chi connectivity index (χ0v) is 19.2. The van der Waals surface area contributed by atoms with Gasteiger partial charge in [0.1, 0.15) is 23.4 Å². The van der Waals surface area contributed by atoms with Gasteiger partial charge in [0.05, 0.1) is 35.7 Å². The van der Waals surface area contributed by atoms with Gasteiger partial charge in [-0.2, -0.15) is 0 Å². The molecule has 1 saturated carbocycles. The van der Waals surface area contributed by atoms with Crippen LogP contribution < -0.4 is 19.7 Å². The quantitative estimate of drug-likeness (QED) is 0.512. The highest BCUT2D eigenvalue weighted by atomic mass is 35.5. The number of fused-ring (bicyclic) bond motifs is 2. The summed E-state index contributed by atoms with van der Waals surface area (Å²) in [7, 11) is 1.57. The Hall–Kier alpha value is -3.39. The van der Waals surface area contributed by atoms with Gasteiger partial charge < -0.3 is 14.8 Å². The van der Waals surface area contributed by atoms with Crippen LogP contribution in [0.1, 0.15) is 53.8 Å². The molecule has 2 aromatic heterocycles. The minimum Gasteiger partial charge on any atom is -0.484 e. The second kappa shape index (κ2) is 8.13. The number of methoxy groups -OCH3 is 1. The molecule has 0 saturated heterocycles. The SMILES string of the molecule is COc1cc2c(c(C3CC3)n1)CN(c1cc3c(cc1Cl)CCC(c1ncccc1F)O3)C(=O)N2. The fraction of sp³-hybridized carbons (Fsp3) is 0.320. The van der Waals surface area contributed by atoms with E-state index in [9.17, 15) is 9.18 Å². The zero-order valence-electron chi connectivity index (χ0n) is 18.5. The molecule has 34 heavy (non-hydrogen) atoms. The van der Waals surface area contributed by atoms with Gasteiger partial charge in [-0.1, -0.05) is 11.6 Å². The normalized spacial score (nSPS) is 19.1. The number of aromatic nitrogens is 2. The number of nitrogens with one attached hydrogen (secondary N) is 1. The van der Waals surface area contributed by atoms with E-state index < -0.39 is 11.9 Å². The smallest absolute Gasteiger partial charge is 0.326 e. The predicted molar refractivity (Wildman–Crippen MR) is 125 cm³/mol. The molecule has 0 spiro atoms. The van der Waals surface area contributed by atoms with E-state index >= 15 is 0 Å². The van der Waals surface area contributed by atoms with Crippen LogP contribution in [-0.2, 0) is 13.0 Å². The van der Waals surface area contributed by atoms with Gasteiger partial charge in [0.25, 0.3) is 0 Å². The number of anilines is 2. The van der Waals surface area contributed by atoms with E-state index in [0.29, 0.717) is 53.3 Å². The molecule has 1 aromatic carbocycles. The maximum Gasteiger partial charge on any atom is 0.326 e. The van der Waals surface area contributed by atoms with E-state index in [-0.39, 0.29) is 11.7 Å². The number of nitrogens with zero attached hydrogens (tertiary/aromatic N) is 3. The third-order valence-corrected chi connectivity index (χ3v) is 6.87. The van der Waals surface area contributed by atoms with Gasteiger partial charge in [0, 0.05) is 29.8 Å². The number of rotatable bonds is 4. The molecule has 1 N–H and O–H groups in total. The first-order valence-corrected chi connectivity index (χ1v) is 11.7. The van der Waals surface area contributed by atoms with Crippen LogP contribution in [0, 0.1) is 5.82 Å². The lowest BCUT2D eigenvalue weighted by atomic mass is 9.99. The van der Waals surface area contributed by atoms with Crippen molar-refractivity contribution in [1.29, 1.82) is 0 Å². The summed E-state index contributed by atoms with van der Waals surface area (Å²) in [5.74, 6) is 1.04. The minimum atomic E-state index is -0.503. The molecule has 1 unspecified atom stereocenters. The second-order valence-electron chi connectivity index (χ2n) is 8.79. The van der Waals surface area contributed by atoms with Crippen molar-refractivity contribution >= 4 is 29.0 Å². The minimum absolute atomic E-state index is 0.281. The number of amides is 2. The number of carbonyl (C=O) groups is 1. The van der Waals surface area contributed by atoms with Gasteiger partial charge in [-0.3, -0.25) is 9.88 Å². The molecule has 3 aromatic rings. The van der Waals surface area contributed by atoms with Crippen molar-refractivity contribution in [3.05, 3.63) is 69.9 Å². The topological polar surface area (TPSA) is 76.6 Å². The third kappa shape index (κ3) is 3.62. The highest BCUT2D eigenvalue weighted by molar-refractivity contribution is 6.34. The Labute approximate surface area is 200 Å². The van der Waals surface area contributed by atoms with Gasteiger partial charge in [-0.15, -0.1) is 0 Å². The van der Waals surface area contributed by atoms with Crippen LogP contribution in [0.5, 0.6) is 11.6 Å². The van der Waals surface area contributed by atoms with E-state index in [0.717, 1.165) is 29.7 Å². The number of ether oxygens (including phenoxy) is 2. The van der Waals surface area contributed by atoms with E-state index in [1.165, 1.54) is 6.07 Å². The first kappa shape index (κ1) is 21.2. The molecule has 4 heterocycles. The number of halogens is 2. The maximum absolute atomic E-state index is 14.3. The predicted octanol–water partition coefficient (Wildman–Crippen LogP) is 5.77. The lowest BCUT2D eigenvalue weighted by Gasteiger charge is -2.33. The van der Waals surface area contributed by atoms with Gasteiger partial charge in [-0.05, 0) is 49.4 Å². The zero-order chi connectivity index (χ0) is 23.4. The monoisotopic (exact) mass is 480 g/mol. The molecular formula is C25H22ClFN4O3. The number of urea groups is 1. The van der Waals surface area contributed by atoms with E-state index in [2.05, 4.69) is 15.3 Å². The highest BCUT2D eigenvalue weighted by Crippen LogP contribution is 2.46. The molecule has 174 valence electrons. The standard InChI is InChI=1S/C25H22ClFN4O3/c1-33-22-10-18-15(23(30-22)13-4-5-13)12-31(25(32)29-18)19-11-21-14(9-16(19)26)6-7-20(34-21)24-17(27)3-2-8-28-24/h2-3,8-11,13,20H,4-7,12H2,1H3,(H,29,32). The van der Waals surface area contributed by atoms with Crippen molar-refractivity contribution in [2.24, 2.45) is 0 Å². The van der Waals surface area contributed by atoms with Crippen molar-refractivity contribution < 1.29 is 18.7 Å². The molecule has 1 fully saturated rings. The number of benzene rings is 1. The van der Waals surface area contributed by atoms with Gasteiger partial charge in [0.2, 0.25) is 5.88 Å². The molecule has 1 aliphatic carbocycles. The van der Waals surface area contributed by atoms with E-state index in [1.54, 1.807) is 36.4 Å². The number of hydrogen-bond donors (Lipinski definition) is 1. The van der Waals surface area contributed by atoms with Gasteiger partial charge >= 0.3 is 6.03 Å². The van der Waals surface area contributed by atoms with Gasteiger partial charge in [0.15, 0.2) is 0 Å². The van der Waals surface area contributed by atoms with Crippen LogP contribution in [0.2, 0.25) is 5.02 Å². The highest BCUT2D eigenvalue weighted by Gasteiger charge is 2.35. The molecular weight excluding hydrogens is 459 g/mol. The summed E-state index contributed by atoms with van der Waals surface area (Å²) < 4.78 is 25.8. The average molecular weight is 481 g/mol. The van der Waals surface area contributed by atoms with Crippen molar-refractivity contribution in [1.82, 2.24) is 9.97 Å². The number of carbonyl (C=O) groups excluding carboxylic acids is 1. The molecule has 2 aliphatic heterocycles. The van der Waals surface area contributed by atoms with Crippen LogP contribution in [0.3, 0.4) is 0 Å². The maximum atomic E-state index is 14.3. The Bertz CT molecular complexity index is 1310. The summed E-state index contributed by atoms with van der Waals surface area (Å²) >= 11 is 6.64. The van der Waals surface area contributed by atoms with Crippen molar-refractivity contribution in [3.8, 4) is 11.6 Å². The molecule has 7 nitrogen and oxygen atoms in total. The summed E-state index contributed by atoms with van der Waals surface area (Å²) in [6.07, 6.45) is 4.45. The first-order valence-electron chi connectivity index (χ1n) is 11.3. The molecule has 0 radical (unpaired) electrons. The molecule has 3 aliphatic rings. The average Bonchev–Trinajstić information content (AvgIpc) is 3.68. The van der Waals surface area contributed by atoms with Gasteiger partial charge in [-0.25, -0.2) is 14.2 Å². The van der Waals surface area contributed by atoms with Crippen LogP contribution in [0.4, 0.5) is 20.6 Å². The Morgan fingerprint density at radius 3 is 2.85 bits per heavy atom. The lowest BCUT2D eigenvalue weighted by Crippen LogP contribution is -2.39. The summed E-state index contributed by atoms with van der Waals surface area (Å²) in [5, 5.41) is 3.42. The second-order valence-corrected chi connectivity index (χ2v) is 9.20. The van der Waals surface area contributed by atoms with Crippen molar-refractivity contribution in [2.45, 2.75) is 44.2 Å².